The summed E-state index contributed by atoms with van der Waals surface area (Å²) in [5.74, 6) is -0.434. The van der Waals surface area contributed by atoms with Gasteiger partial charge in [0.2, 0.25) is 0 Å². The Bertz CT molecular complexity index is 1080. The molecule has 148 valence electrons. The van der Waals surface area contributed by atoms with Crippen LogP contribution in [0.4, 0.5) is 4.39 Å². The average molecular weight is 393 g/mol. The van der Waals surface area contributed by atoms with Crippen LogP contribution in [0.2, 0.25) is 0 Å². The van der Waals surface area contributed by atoms with Gasteiger partial charge in [-0.1, -0.05) is 36.4 Å². The fourth-order valence-corrected chi connectivity index (χ4v) is 3.50. The topological polar surface area (TPSA) is 81.8 Å². The Labute approximate surface area is 167 Å². The van der Waals surface area contributed by atoms with Crippen molar-refractivity contribution in [3.63, 3.8) is 0 Å². The monoisotopic (exact) mass is 393 g/mol. The number of fused-ring (bicyclic) bond motifs is 3. The van der Waals surface area contributed by atoms with E-state index in [-0.39, 0.29) is 18.8 Å². The molecule has 0 bridgehead atoms. The molecule has 0 saturated carbocycles. The second-order valence-electron chi connectivity index (χ2n) is 6.89. The van der Waals surface area contributed by atoms with Crippen molar-refractivity contribution in [1.82, 2.24) is 0 Å². The smallest absolute Gasteiger partial charge is 0.307 e. The molecule has 4 rings (SSSR count). The fraction of sp³-hybridized carbons (Fsp3) is 0.174. The zero-order valence-electron chi connectivity index (χ0n) is 15.7. The lowest BCUT2D eigenvalue weighted by molar-refractivity contribution is -0.136. The van der Waals surface area contributed by atoms with Gasteiger partial charge in [0.05, 0.1) is 6.42 Å². The summed E-state index contributed by atoms with van der Waals surface area (Å²) in [6.07, 6.45) is -0.230. The highest BCUT2D eigenvalue weighted by Crippen LogP contribution is 2.40. The minimum absolute atomic E-state index is 0.191. The molecular weight excluding hydrogens is 373 g/mol. The molecule has 0 aromatic heterocycles. The molecule has 0 spiro atoms. The molecule has 3 N–H and O–H groups in total. The number of aliphatic carboxylic acids is 1. The molecule has 1 aliphatic heterocycles. The number of carboxylic acid groups (broad SMARTS) is 1. The van der Waals surface area contributed by atoms with Crippen LogP contribution in [-0.4, -0.2) is 11.1 Å². The average Bonchev–Trinajstić information content (AvgIpc) is 2.72. The van der Waals surface area contributed by atoms with Crippen LogP contribution in [-0.2, 0) is 31.0 Å². The lowest BCUT2D eigenvalue weighted by Gasteiger charge is -2.23. The standard InChI is InChI=1S/C23H20FNO4/c24-18-7-6-15(9-22(26)27)21(10-18)28-12-14-4-5-17-13-29-23-16(11-25)2-1-3-19(23)20(17)8-14/h1-8,10H,9,11-13,25H2,(H,26,27). The predicted octanol–water partition coefficient (Wildman–Crippen LogP) is 4.05. The number of nitrogens with two attached hydrogens (primary N) is 1. The van der Waals surface area contributed by atoms with Crippen molar-refractivity contribution in [1.29, 1.82) is 0 Å². The summed E-state index contributed by atoms with van der Waals surface area (Å²) in [5.41, 5.74) is 11.2. The molecule has 0 fully saturated rings. The Balaban J connectivity index is 1.61. The molecule has 6 heteroatoms. The van der Waals surface area contributed by atoms with E-state index < -0.39 is 11.8 Å². The van der Waals surface area contributed by atoms with E-state index in [1.807, 2.05) is 36.4 Å². The van der Waals surface area contributed by atoms with Crippen molar-refractivity contribution in [3.05, 3.63) is 82.7 Å². The number of carboxylic acids is 1. The molecule has 0 atom stereocenters. The third kappa shape index (κ3) is 3.93. The van der Waals surface area contributed by atoms with Crippen LogP contribution in [0, 0.1) is 5.82 Å². The maximum Gasteiger partial charge on any atom is 0.307 e. The summed E-state index contributed by atoms with van der Waals surface area (Å²) in [7, 11) is 0. The van der Waals surface area contributed by atoms with Gasteiger partial charge in [-0.2, -0.15) is 0 Å². The summed E-state index contributed by atoms with van der Waals surface area (Å²) in [5, 5.41) is 9.04. The zero-order valence-corrected chi connectivity index (χ0v) is 15.7. The maximum atomic E-state index is 13.6. The second kappa shape index (κ2) is 7.93. The Kier molecular flexibility index (Phi) is 5.18. The van der Waals surface area contributed by atoms with E-state index in [4.69, 9.17) is 20.3 Å². The molecule has 1 aliphatic rings. The van der Waals surface area contributed by atoms with Crippen LogP contribution < -0.4 is 15.2 Å². The van der Waals surface area contributed by atoms with E-state index in [1.165, 1.54) is 18.2 Å². The lowest BCUT2D eigenvalue weighted by atomic mass is 9.93. The zero-order chi connectivity index (χ0) is 20.4. The number of carbonyl (C=O) groups is 1. The molecule has 3 aromatic rings. The second-order valence-corrected chi connectivity index (χ2v) is 6.89. The van der Waals surface area contributed by atoms with Gasteiger partial charge in [0.1, 0.15) is 30.5 Å². The minimum atomic E-state index is -0.998. The Hall–Kier alpha value is -3.38. The number of hydrogen-bond donors (Lipinski definition) is 2. The van der Waals surface area contributed by atoms with E-state index in [0.29, 0.717) is 18.7 Å². The van der Waals surface area contributed by atoms with Gasteiger partial charge in [-0.25, -0.2) is 4.39 Å². The van der Waals surface area contributed by atoms with Crippen molar-refractivity contribution < 1.29 is 23.8 Å². The van der Waals surface area contributed by atoms with Gasteiger partial charge in [0.15, 0.2) is 0 Å². The van der Waals surface area contributed by atoms with Gasteiger partial charge < -0.3 is 20.3 Å². The highest BCUT2D eigenvalue weighted by molar-refractivity contribution is 5.77. The number of benzene rings is 3. The highest BCUT2D eigenvalue weighted by atomic mass is 19.1. The molecule has 3 aromatic carbocycles. The van der Waals surface area contributed by atoms with E-state index in [1.54, 1.807) is 0 Å². The van der Waals surface area contributed by atoms with E-state index in [0.717, 1.165) is 33.6 Å². The van der Waals surface area contributed by atoms with E-state index in [2.05, 4.69) is 0 Å². The summed E-state index contributed by atoms with van der Waals surface area (Å²) >= 11 is 0. The lowest BCUT2D eigenvalue weighted by Crippen LogP contribution is -2.10. The van der Waals surface area contributed by atoms with Gasteiger partial charge in [0, 0.05) is 29.3 Å². The Morgan fingerprint density at radius 1 is 1.10 bits per heavy atom. The van der Waals surface area contributed by atoms with Crippen LogP contribution in [0.1, 0.15) is 22.3 Å². The van der Waals surface area contributed by atoms with Gasteiger partial charge in [-0.05, 0) is 28.8 Å². The first-order valence-electron chi connectivity index (χ1n) is 9.25. The van der Waals surface area contributed by atoms with Crippen molar-refractivity contribution in [3.8, 4) is 22.6 Å². The molecule has 0 amide bonds. The molecule has 0 unspecified atom stereocenters. The molecule has 0 saturated heterocycles. The molecule has 0 aliphatic carbocycles. The van der Waals surface area contributed by atoms with Gasteiger partial charge >= 0.3 is 5.97 Å². The van der Waals surface area contributed by atoms with Crippen LogP contribution in [0.3, 0.4) is 0 Å². The number of halogens is 1. The maximum absolute atomic E-state index is 13.6. The Morgan fingerprint density at radius 2 is 1.97 bits per heavy atom. The summed E-state index contributed by atoms with van der Waals surface area (Å²) in [6.45, 7) is 1.05. The molecule has 29 heavy (non-hydrogen) atoms. The first-order valence-corrected chi connectivity index (χ1v) is 9.25. The van der Waals surface area contributed by atoms with Crippen molar-refractivity contribution in [2.24, 2.45) is 5.73 Å². The third-order valence-electron chi connectivity index (χ3n) is 4.92. The minimum Gasteiger partial charge on any atom is -0.488 e. The number of para-hydroxylation sites is 1. The number of ether oxygens (including phenoxy) is 2. The number of rotatable bonds is 6. The summed E-state index contributed by atoms with van der Waals surface area (Å²) in [6, 6.07) is 15.7. The van der Waals surface area contributed by atoms with E-state index >= 15 is 0 Å². The third-order valence-corrected chi connectivity index (χ3v) is 4.92. The SMILES string of the molecule is NCc1cccc2c1OCc1ccc(COc3cc(F)ccc3CC(=O)O)cc1-2. The van der Waals surface area contributed by atoms with Crippen LogP contribution in [0.25, 0.3) is 11.1 Å². The summed E-state index contributed by atoms with van der Waals surface area (Å²) < 4.78 is 25.3. The Morgan fingerprint density at radius 3 is 2.76 bits per heavy atom. The molecule has 1 heterocycles. The van der Waals surface area contributed by atoms with Crippen molar-refractivity contribution in [2.45, 2.75) is 26.2 Å². The normalized spacial score (nSPS) is 11.9. The van der Waals surface area contributed by atoms with Crippen LogP contribution in [0.5, 0.6) is 11.5 Å². The summed E-state index contributed by atoms with van der Waals surface area (Å²) in [4.78, 5) is 11.0. The quantitative estimate of drug-likeness (QED) is 0.660. The first kappa shape index (κ1) is 19.0. The number of hydrogen-bond acceptors (Lipinski definition) is 4. The molecular formula is C23H20FNO4. The van der Waals surface area contributed by atoms with Gasteiger partial charge in [-0.3, -0.25) is 4.79 Å². The van der Waals surface area contributed by atoms with Crippen LogP contribution >= 0.6 is 0 Å². The predicted molar refractivity (Wildman–Crippen MR) is 106 cm³/mol. The van der Waals surface area contributed by atoms with Gasteiger partial charge in [-0.15, -0.1) is 0 Å². The first-order chi connectivity index (χ1) is 14.0. The molecule has 5 nitrogen and oxygen atoms in total. The molecule has 0 radical (unpaired) electrons. The van der Waals surface area contributed by atoms with E-state index in [9.17, 15) is 9.18 Å². The van der Waals surface area contributed by atoms with Crippen molar-refractivity contribution in [2.75, 3.05) is 0 Å². The largest absolute Gasteiger partial charge is 0.488 e. The van der Waals surface area contributed by atoms with Crippen molar-refractivity contribution >= 4 is 5.97 Å². The van der Waals surface area contributed by atoms with Gasteiger partial charge in [0.25, 0.3) is 0 Å². The highest BCUT2D eigenvalue weighted by Gasteiger charge is 2.20. The fourth-order valence-electron chi connectivity index (χ4n) is 3.50. The van der Waals surface area contributed by atoms with Crippen LogP contribution in [0.15, 0.2) is 54.6 Å².